The molecule has 56 valence electrons. The summed E-state index contributed by atoms with van der Waals surface area (Å²) in [4.78, 5) is 0. The first kappa shape index (κ1) is 5.57. The molecule has 0 aromatic rings. The van der Waals surface area contributed by atoms with Crippen molar-refractivity contribution in [3.8, 4) is 0 Å². The van der Waals surface area contributed by atoms with Crippen molar-refractivity contribution in [2.24, 2.45) is 5.41 Å². The number of hydrogen-bond acceptors (Lipinski definition) is 0. The molecule has 0 fully saturated rings. The summed E-state index contributed by atoms with van der Waals surface area (Å²) in [5.74, 6) is 0. The van der Waals surface area contributed by atoms with Crippen molar-refractivity contribution < 1.29 is 15.9 Å². The quantitative estimate of drug-likeness (QED) is 0.528. The summed E-state index contributed by atoms with van der Waals surface area (Å²) in [6.45, 7) is 2.64. The second-order valence-electron chi connectivity index (χ2n) is 2.37. The van der Waals surface area contributed by atoms with Gasteiger partial charge in [-0.05, 0) is 6.37 Å². The molecule has 0 bridgehead atoms. The third-order valence-corrected chi connectivity index (χ3v) is 1.33. The normalized spacial score (nSPS) is 18.9. The standard InChI is InChI=1S/C6H11F3/c1-4-5(2,3)6(7,8)9/h4H2,1-3H3/i4D2. The van der Waals surface area contributed by atoms with Crippen molar-refractivity contribution in [3.05, 3.63) is 0 Å². The fourth-order valence-electron chi connectivity index (χ4n) is 0.142. The lowest BCUT2D eigenvalue weighted by atomic mass is 9.90. The summed E-state index contributed by atoms with van der Waals surface area (Å²) in [7, 11) is 0. The molecule has 0 radical (unpaired) electrons. The predicted molar refractivity (Wildman–Crippen MR) is 30.1 cm³/mol. The van der Waals surface area contributed by atoms with E-state index in [0.717, 1.165) is 20.8 Å². The maximum atomic E-state index is 12.1. The number of halogens is 3. The van der Waals surface area contributed by atoms with Crippen LogP contribution in [0.4, 0.5) is 13.2 Å². The summed E-state index contributed by atoms with van der Waals surface area (Å²) in [5, 5.41) is 0. The van der Waals surface area contributed by atoms with Crippen LogP contribution in [0, 0.1) is 5.41 Å². The molecule has 0 spiro atoms. The first-order chi connectivity index (χ1) is 4.50. The molecule has 0 saturated heterocycles. The van der Waals surface area contributed by atoms with Crippen LogP contribution in [0.2, 0.25) is 0 Å². The highest BCUT2D eigenvalue weighted by atomic mass is 19.4. The highest BCUT2D eigenvalue weighted by Crippen LogP contribution is 2.39. The first-order valence-corrected chi connectivity index (χ1v) is 2.57. The average molecular weight is 142 g/mol. The SMILES string of the molecule is [2H]C([2H])(C)C(C)(C)C(F)(F)F. The molecule has 0 atom stereocenters. The van der Waals surface area contributed by atoms with Gasteiger partial charge in [-0.25, -0.2) is 0 Å². The molecule has 9 heavy (non-hydrogen) atoms. The van der Waals surface area contributed by atoms with Crippen LogP contribution in [0.5, 0.6) is 0 Å². The van der Waals surface area contributed by atoms with Crippen LogP contribution in [0.25, 0.3) is 0 Å². The van der Waals surface area contributed by atoms with Crippen LogP contribution >= 0.6 is 0 Å². The molecule has 0 aliphatic rings. The van der Waals surface area contributed by atoms with E-state index in [9.17, 15) is 13.2 Å². The second kappa shape index (κ2) is 2.20. The zero-order valence-corrected chi connectivity index (χ0v) is 5.63. The Morgan fingerprint density at radius 2 is 1.67 bits per heavy atom. The van der Waals surface area contributed by atoms with Gasteiger partial charge in [-0.2, -0.15) is 13.2 Å². The lowest BCUT2D eigenvalue weighted by molar-refractivity contribution is -0.212. The van der Waals surface area contributed by atoms with Crippen molar-refractivity contribution >= 4 is 0 Å². The third-order valence-electron chi connectivity index (χ3n) is 1.33. The van der Waals surface area contributed by atoms with Crippen LogP contribution < -0.4 is 0 Å². The van der Waals surface area contributed by atoms with E-state index in [1.807, 2.05) is 0 Å². The maximum Gasteiger partial charge on any atom is 0.393 e. The van der Waals surface area contributed by atoms with E-state index in [0.29, 0.717) is 0 Å². The van der Waals surface area contributed by atoms with Crippen LogP contribution in [-0.2, 0) is 0 Å². The Morgan fingerprint density at radius 1 is 1.33 bits per heavy atom. The molecular formula is C6H11F3. The Morgan fingerprint density at radius 3 is 1.67 bits per heavy atom. The zero-order valence-electron chi connectivity index (χ0n) is 7.63. The van der Waals surface area contributed by atoms with Gasteiger partial charge < -0.3 is 0 Å². The smallest absolute Gasteiger partial charge is 0.171 e. The van der Waals surface area contributed by atoms with E-state index in [4.69, 9.17) is 2.74 Å². The molecule has 0 N–H and O–H groups in total. The van der Waals surface area contributed by atoms with Gasteiger partial charge in [0, 0.05) is 2.74 Å². The van der Waals surface area contributed by atoms with Gasteiger partial charge in [0.25, 0.3) is 0 Å². The van der Waals surface area contributed by atoms with Gasteiger partial charge in [0.1, 0.15) is 0 Å². The minimum Gasteiger partial charge on any atom is -0.171 e. The van der Waals surface area contributed by atoms with Gasteiger partial charge in [-0.15, -0.1) is 0 Å². The monoisotopic (exact) mass is 142 g/mol. The molecule has 0 aliphatic heterocycles. The molecule has 0 nitrogen and oxygen atoms in total. The molecule has 3 heteroatoms. The first-order valence-electron chi connectivity index (χ1n) is 3.57. The second-order valence-corrected chi connectivity index (χ2v) is 2.37. The number of hydrogen-bond donors (Lipinski definition) is 0. The Hall–Kier alpha value is -0.210. The van der Waals surface area contributed by atoms with Gasteiger partial charge in [0.05, 0.1) is 5.41 Å². The molecule has 0 aromatic carbocycles. The molecule has 0 amide bonds. The van der Waals surface area contributed by atoms with Crippen LogP contribution in [0.15, 0.2) is 0 Å². The van der Waals surface area contributed by atoms with E-state index in [-0.39, 0.29) is 0 Å². The van der Waals surface area contributed by atoms with Crippen LogP contribution in [0.1, 0.15) is 29.9 Å². The molecule has 0 heterocycles. The van der Waals surface area contributed by atoms with Gasteiger partial charge in [0.15, 0.2) is 0 Å². The fourth-order valence-corrected chi connectivity index (χ4v) is 0.142. The Kier molecular flexibility index (Phi) is 1.36. The van der Waals surface area contributed by atoms with Crippen molar-refractivity contribution in [3.63, 3.8) is 0 Å². The van der Waals surface area contributed by atoms with Crippen LogP contribution in [0.3, 0.4) is 0 Å². The largest absolute Gasteiger partial charge is 0.393 e. The number of rotatable bonds is 1. The van der Waals surface area contributed by atoms with Gasteiger partial charge in [0.2, 0.25) is 0 Å². The van der Waals surface area contributed by atoms with Crippen molar-refractivity contribution in [2.75, 3.05) is 0 Å². The van der Waals surface area contributed by atoms with E-state index in [1.165, 1.54) is 0 Å². The lowest BCUT2D eigenvalue weighted by Gasteiger charge is -2.25. The minimum atomic E-state index is -4.49. The van der Waals surface area contributed by atoms with Gasteiger partial charge >= 0.3 is 6.18 Å². The van der Waals surface area contributed by atoms with E-state index in [1.54, 1.807) is 0 Å². The minimum absolute atomic E-state index is 0.854. The lowest BCUT2D eigenvalue weighted by Crippen LogP contribution is -2.30. The third kappa shape index (κ3) is 1.88. The number of alkyl halides is 3. The summed E-state index contributed by atoms with van der Waals surface area (Å²) in [6.07, 6.45) is -6.74. The van der Waals surface area contributed by atoms with E-state index in [2.05, 4.69) is 0 Å². The summed E-state index contributed by atoms with van der Waals surface area (Å²) in [5.41, 5.74) is -2.29. The Bertz CT molecular complexity index is 127. The molecule has 0 aliphatic carbocycles. The molecule has 0 aromatic heterocycles. The van der Waals surface area contributed by atoms with Crippen molar-refractivity contribution in [1.29, 1.82) is 0 Å². The topological polar surface area (TPSA) is 0 Å². The molecular weight excluding hydrogens is 129 g/mol. The van der Waals surface area contributed by atoms with E-state index < -0.39 is 18.0 Å². The Labute approximate surface area is 55.9 Å². The highest BCUT2D eigenvalue weighted by molar-refractivity contribution is 4.74. The predicted octanol–water partition coefficient (Wildman–Crippen LogP) is 2.98. The van der Waals surface area contributed by atoms with Crippen molar-refractivity contribution in [2.45, 2.75) is 33.3 Å². The fraction of sp³-hybridized carbons (Fsp3) is 1.00. The molecule has 0 saturated carbocycles. The average Bonchev–Trinajstić information content (AvgIpc) is 1.58. The van der Waals surface area contributed by atoms with E-state index >= 15 is 0 Å². The summed E-state index contributed by atoms with van der Waals surface area (Å²) in [6, 6.07) is 0. The van der Waals surface area contributed by atoms with Gasteiger partial charge in [-0.3, -0.25) is 0 Å². The molecule has 0 unspecified atom stereocenters. The van der Waals surface area contributed by atoms with Crippen LogP contribution in [-0.4, -0.2) is 6.18 Å². The zero-order chi connectivity index (χ0) is 9.50. The maximum absolute atomic E-state index is 12.1. The highest BCUT2D eigenvalue weighted by Gasteiger charge is 2.45. The summed E-state index contributed by atoms with van der Waals surface area (Å²) >= 11 is 0. The summed E-state index contributed by atoms with van der Waals surface area (Å²) < 4.78 is 50.1. The molecule has 0 rings (SSSR count). The van der Waals surface area contributed by atoms with Crippen molar-refractivity contribution in [1.82, 2.24) is 0 Å². The van der Waals surface area contributed by atoms with Gasteiger partial charge in [-0.1, -0.05) is 20.8 Å². The Balaban J connectivity index is 4.75.